The van der Waals surface area contributed by atoms with Crippen LogP contribution in [0.5, 0.6) is 0 Å². The van der Waals surface area contributed by atoms with Gasteiger partial charge in [-0.1, -0.05) is 35.9 Å². The Kier molecular flexibility index (Phi) is 5.82. The van der Waals surface area contributed by atoms with E-state index in [1.807, 2.05) is 24.3 Å². The Bertz CT molecular complexity index is 1410. The third-order valence-electron chi connectivity index (χ3n) is 7.99. The molecule has 1 aliphatic carbocycles. The van der Waals surface area contributed by atoms with Gasteiger partial charge < -0.3 is 10.2 Å². The molecule has 3 aromatic rings. The molecule has 2 aliphatic heterocycles. The molecule has 2 saturated heterocycles. The fraction of sp³-hybridized carbons (Fsp3) is 0.393. The second-order valence-corrected chi connectivity index (χ2v) is 10.6. The summed E-state index contributed by atoms with van der Waals surface area (Å²) in [6.07, 6.45) is 5.55. The van der Waals surface area contributed by atoms with Crippen LogP contribution in [0.25, 0.3) is 21.9 Å². The summed E-state index contributed by atoms with van der Waals surface area (Å²) >= 11 is 6.70. The van der Waals surface area contributed by atoms with Crippen LogP contribution in [0.2, 0.25) is 5.02 Å². The third kappa shape index (κ3) is 4.08. The summed E-state index contributed by atoms with van der Waals surface area (Å²) in [5, 5.41) is 3.55. The van der Waals surface area contributed by atoms with Gasteiger partial charge in [0.15, 0.2) is 5.82 Å². The van der Waals surface area contributed by atoms with Crippen LogP contribution in [0.4, 0.5) is 15.9 Å². The van der Waals surface area contributed by atoms with E-state index in [9.17, 15) is 9.18 Å². The highest BCUT2D eigenvalue weighted by molar-refractivity contribution is 6.32. The Balaban J connectivity index is 1.45. The van der Waals surface area contributed by atoms with Crippen molar-refractivity contribution in [1.82, 2.24) is 14.9 Å². The minimum atomic E-state index is -0.641. The van der Waals surface area contributed by atoms with Gasteiger partial charge in [0.05, 0.1) is 12.3 Å². The van der Waals surface area contributed by atoms with Crippen LogP contribution in [-0.4, -0.2) is 35.7 Å². The molecule has 1 N–H and O–H groups in total. The lowest BCUT2D eigenvalue weighted by molar-refractivity contribution is 0.247. The molecule has 1 saturated carbocycles. The molecule has 1 spiro atoms. The van der Waals surface area contributed by atoms with Crippen LogP contribution in [0.15, 0.2) is 47.3 Å². The first-order valence-corrected chi connectivity index (χ1v) is 12.9. The molecule has 2 aromatic carbocycles. The number of hydrogen-bond acceptors (Lipinski definition) is 4. The zero-order chi connectivity index (χ0) is 24.9. The fourth-order valence-electron chi connectivity index (χ4n) is 5.60. The van der Waals surface area contributed by atoms with Crippen molar-refractivity contribution in [3.63, 3.8) is 0 Å². The first-order valence-electron chi connectivity index (χ1n) is 12.5. The Hall–Kier alpha value is -3.21. The van der Waals surface area contributed by atoms with Gasteiger partial charge in [-0.25, -0.2) is 14.2 Å². The predicted octanol–water partition coefficient (Wildman–Crippen LogP) is 5.70. The summed E-state index contributed by atoms with van der Waals surface area (Å²) < 4.78 is 16.1. The number of nitrogens with zero attached hydrogens (tertiary/aromatic N) is 4. The average Bonchev–Trinajstić information content (AvgIpc) is 3.66. The average molecular weight is 504 g/mol. The summed E-state index contributed by atoms with van der Waals surface area (Å²) in [5.74, 6) is 0.708. The molecule has 0 atom stereocenters. The second-order valence-electron chi connectivity index (χ2n) is 10.3. The van der Waals surface area contributed by atoms with E-state index in [0.717, 1.165) is 39.0 Å². The van der Waals surface area contributed by atoms with Gasteiger partial charge in [0.25, 0.3) is 5.56 Å². The molecule has 3 heterocycles. The molecule has 184 valence electrons. The van der Waals surface area contributed by atoms with Crippen LogP contribution in [0.1, 0.15) is 43.6 Å². The molecule has 6 rings (SSSR count). The van der Waals surface area contributed by atoms with Crippen LogP contribution in [0, 0.1) is 17.8 Å². The lowest BCUT2D eigenvalue weighted by atomic mass is 9.78. The maximum absolute atomic E-state index is 14.7. The van der Waals surface area contributed by atoms with Gasteiger partial charge in [0.2, 0.25) is 5.69 Å². The molecule has 8 heteroatoms. The Morgan fingerprint density at radius 2 is 1.86 bits per heavy atom. The van der Waals surface area contributed by atoms with Crippen LogP contribution in [0.3, 0.4) is 0 Å². The van der Waals surface area contributed by atoms with Gasteiger partial charge in [-0.05, 0) is 73.7 Å². The third-order valence-corrected chi connectivity index (χ3v) is 8.32. The van der Waals surface area contributed by atoms with Crippen LogP contribution < -0.4 is 15.8 Å². The summed E-state index contributed by atoms with van der Waals surface area (Å²) in [6.45, 7) is 10.8. The summed E-state index contributed by atoms with van der Waals surface area (Å²) in [6, 6.07) is 12.2. The van der Waals surface area contributed by atoms with Gasteiger partial charge in [-0.2, -0.15) is 0 Å². The highest BCUT2D eigenvalue weighted by Gasteiger charge is 2.38. The van der Waals surface area contributed by atoms with Crippen molar-refractivity contribution in [3.05, 3.63) is 80.6 Å². The van der Waals surface area contributed by atoms with Crippen molar-refractivity contribution in [3.8, 4) is 17.1 Å². The smallest absolute Gasteiger partial charge is 0.279 e. The molecule has 3 fully saturated rings. The Morgan fingerprint density at radius 1 is 1.11 bits per heavy atom. The Labute approximate surface area is 214 Å². The van der Waals surface area contributed by atoms with E-state index >= 15 is 0 Å². The Morgan fingerprint density at radius 3 is 2.47 bits per heavy atom. The number of halogens is 2. The minimum absolute atomic E-state index is 0.0675. The first kappa shape index (κ1) is 23.2. The van der Waals surface area contributed by atoms with E-state index in [0.29, 0.717) is 34.2 Å². The summed E-state index contributed by atoms with van der Waals surface area (Å²) in [7, 11) is 0. The molecular formula is C28H27ClFN5O. The number of piperidine rings is 1. The topological polar surface area (TPSA) is 54.5 Å². The van der Waals surface area contributed by atoms with E-state index in [2.05, 4.69) is 15.1 Å². The lowest BCUT2D eigenvalue weighted by Crippen LogP contribution is -2.42. The van der Waals surface area contributed by atoms with Gasteiger partial charge in [-0.3, -0.25) is 9.36 Å². The van der Waals surface area contributed by atoms with Gasteiger partial charge in [0, 0.05) is 25.2 Å². The molecule has 1 aromatic heterocycles. The number of benzene rings is 2. The highest BCUT2D eigenvalue weighted by Crippen LogP contribution is 2.41. The van der Waals surface area contributed by atoms with Crippen molar-refractivity contribution in [1.29, 1.82) is 0 Å². The van der Waals surface area contributed by atoms with E-state index < -0.39 is 5.82 Å². The van der Waals surface area contributed by atoms with Crippen molar-refractivity contribution >= 4 is 23.1 Å². The SMILES string of the molecule is [C-]#[N+]c1ccc(-c2nc(N3CCC4(CCNC4)CC3)c(Cl)c(=O)n2-c2ccc(C3CC3)cc2)cc1F. The standard InChI is InChI=1S/C28H27ClFN5O/c1-31-23-9-6-20(16-22(23)30)25-33-26(34-14-11-28(12-15-34)10-13-32-17-28)24(29)27(36)35(25)21-7-4-19(5-8-21)18-2-3-18/h4-9,16,18,32H,2-3,10-15,17H2. The van der Waals surface area contributed by atoms with Gasteiger partial charge in [-0.15, -0.1) is 0 Å². The van der Waals surface area contributed by atoms with E-state index in [4.69, 9.17) is 23.2 Å². The van der Waals surface area contributed by atoms with E-state index in [1.165, 1.54) is 41.5 Å². The van der Waals surface area contributed by atoms with Crippen molar-refractivity contribution in [2.24, 2.45) is 5.41 Å². The summed E-state index contributed by atoms with van der Waals surface area (Å²) in [4.78, 5) is 23.9. The second kappa shape index (κ2) is 9.02. The molecule has 0 radical (unpaired) electrons. The number of rotatable bonds is 4. The molecule has 3 aliphatic rings. The molecule has 0 bridgehead atoms. The van der Waals surface area contributed by atoms with Gasteiger partial charge in [0.1, 0.15) is 16.7 Å². The largest absolute Gasteiger partial charge is 0.355 e. The lowest BCUT2D eigenvalue weighted by Gasteiger charge is -2.39. The maximum atomic E-state index is 14.7. The zero-order valence-electron chi connectivity index (χ0n) is 19.9. The number of aromatic nitrogens is 2. The molecule has 0 amide bonds. The molecule has 0 unspecified atom stereocenters. The van der Waals surface area contributed by atoms with Gasteiger partial charge >= 0.3 is 0 Å². The minimum Gasteiger partial charge on any atom is -0.355 e. The zero-order valence-corrected chi connectivity index (χ0v) is 20.7. The summed E-state index contributed by atoms with van der Waals surface area (Å²) in [5.41, 5.74) is 2.16. The van der Waals surface area contributed by atoms with E-state index in [1.54, 1.807) is 6.07 Å². The predicted molar refractivity (Wildman–Crippen MR) is 140 cm³/mol. The molecule has 6 nitrogen and oxygen atoms in total. The maximum Gasteiger partial charge on any atom is 0.279 e. The first-order chi connectivity index (χ1) is 17.5. The quantitative estimate of drug-likeness (QED) is 0.464. The fourth-order valence-corrected chi connectivity index (χ4v) is 5.84. The van der Waals surface area contributed by atoms with Crippen LogP contribution in [-0.2, 0) is 0 Å². The number of nitrogens with one attached hydrogen (secondary N) is 1. The highest BCUT2D eigenvalue weighted by atomic mass is 35.5. The van der Waals surface area contributed by atoms with Crippen LogP contribution >= 0.6 is 11.6 Å². The number of anilines is 1. The molecular weight excluding hydrogens is 477 g/mol. The van der Waals surface area contributed by atoms with E-state index in [-0.39, 0.29) is 16.3 Å². The van der Waals surface area contributed by atoms with Crippen molar-refractivity contribution in [2.75, 3.05) is 31.1 Å². The number of hydrogen-bond donors (Lipinski definition) is 1. The van der Waals surface area contributed by atoms with Crippen molar-refractivity contribution in [2.45, 2.75) is 38.0 Å². The monoisotopic (exact) mass is 503 g/mol. The normalized spacial score (nSPS) is 19.0. The van der Waals surface area contributed by atoms with Crippen molar-refractivity contribution < 1.29 is 4.39 Å². The molecule has 36 heavy (non-hydrogen) atoms.